The standard InChI is InChI=1S/C21H37N3O3S/c1-7-8-9-10-14-26-19(22)18(23-28)17-12-11-13-24(6,15-17)16(2)27-20(25)21(3,4)5/h12,16H,7-11,13-15H2,1-6H3,(H-,22,28)/p+1. The Labute approximate surface area is 176 Å². The normalized spacial score (nSPS) is 21.7. The van der Waals surface area contributed by atoms with E-state index in [9.17, 15) is 4.79 Å². The Morgan fingerprint density at radius 1 is 1.36 bits per heavy atom. The van der Waals surface area contributed by atoms with Gasteiger partial charge in [-0.05, 0) is 40.0 Å². The third-order valence-corrected chi connectivity index (χ3v) is 5.39. The van der Waals surface area contributed by atoms with Crippen LogP contribution in [0.4, 0.5) is 0 Å². The third-order valence-electron chi connectivity index (χ3n) is 5.19. The van der Waals surface area contributed by atoms with Crippen LogP contribution < -0.4 is 0 Å². The fourth-order valence-electron chi connectivity index (χ4n) is 3.03. The molecule has 0 bridgehead atoms. The van der Waals surface area contributed by atoms with Crippen molar-refractivity contribution in [1.82, 2.24) is 0 Å². The minimum atomic E-state index is -0.534. The van der Waals surface area contributed by atoms with E-state index in [0.29, 0.717) is 23.3 Å². The zero-order chi connectivity index (χ0) is 21.4. The number of quaternary nitrogens is 1. The van der Waals surface area contributed by atoms with Gasteiger partial charge in [0, 0.05) is 18.9 Å². The average molecular weight is 413 g/mol. The van der Waals surface area contributed by atoms with E-state index in [-0.39, 0.29) is 18.1 Å². The lowest BCUT2D eigenvalue weighted by Gasteiger charge is -2.42. The molecule has 0 amide bonds. The Kier molecular flexibility index (Phi) is 9.70. The summed E-state index contributed by atoms with van der Waals surface area (Å²) in [5.74, 6) is -0.146. The van der Waals surface area contributed by atoms with Crippen LogP contribution in [0.15, 0.2) is 16.0 Å². The molecule has 0 aromatic rings. The molecule has 1 aliphatic rings. The average Bonchev–Trinajstić information content (AvgIpc) is 2.61. The first-order valence-electron chi connectivity index (χ1n) is 10.2. The number of nitrogens with zero attached hydrogens (tertiary/aromatic N) is 2. The Morgan fingerprint density at radius 3 is 2.61 bits per heavy atom. The van der Waals surface area contributed by atoms with Crippen LogP contribution in [0.1, 0.15) is 66.7 Å². The second kappa shape index (κ2) is 11.0. The topological polar surface area (TPSA) is 71.7 Å². The summed E-state index contributed by atoms with van der Waals surface area (Å²) in [6.45, 7) is 11.6. The van der Waals surface area contributed by atoms with E-state index in [4.69, 9.17) is 14.9 Å². The van der Waals surface area contributed by atoms with E-state index < -0.39 is 5.41 Å². The lowest BCUT2D eigenvalue weighted by molar-refractivity contribution is -0.947. The van der Waals surface area contributed by atoms with E-state index in [2.05, 4.69) is 37.3 Å². The molecule has 160 valence electrons. The first-order valence-corrected chi connectivity index (χ1v) is 10.6. The molecule has 7 heteroatoms. The molecule has 0 aliphatic carbocycles. The Morgan fingerprint density at radius 2 is 2.04 bits per heavy atom. The number of hydrogen-bond acceptors (Lipinski definition) is 6. The van der Waals surface area contributed by atoms with Gasteiger partial charge in [0.25, 0.3) is 0 Å². The minimum Gasteiger partial charge on any atom is -0.477 e. The first-order chi connectivity index (χ1) is 13.0. The van der Waals surface area contributed by atoms with Crippen molar-refractivity contribution in [2.45, 2.75) is 73.0 Å². The fourth-order valence-corrected chi connectivity index (χ4v) is 3.25. The highest BCUT2D eigenvalue weighted by Gasteiger charge is 2.38. The van der Waals surface area contributed by atoms with Gasteiger partial charge in [-0.1, -0.05) is 32.3 Å². The van der Waals surface area contributed by atoms with Gasteiger partial charge >= 0.3 is 5.97 Å². The summed E-state index contributed by atoms with van der Waals surface area (Å²) in [5.41, 5.74) is 0.853. The molecule has 28 heavy (non-hydrogen) atoms. The van der Waals surface area contributed by atoms with Crippen molar-refractivity contribution >= 4 is 30.4 Å². The maximum atomic E-state index is 12.3. The van der Waals surface area contributed by atoms with Crippen LogP contribution in [0.5, 0.6) is 0 Å². The van der Waals surface area contributed by atoms with Crippen LogP contribution in [-0.2, 0) is 14.3 Å². The SMILES string of the molecule is CCCCCCOC(=N)/C(=N\S)C1=CCC[N+](C)(C(C)OC(=O)C(C)(C)C)C1. The highest BCUT2D eigenvalue weighted by molar-refractivity contribution is 7.79. The van der Waals surface area contributed by atoms with Gasteiger partial charge in [-0.3, -0.25) is 14.7 Å². The Balaban J connectivity index is 2.74. The largest absolute Gasteiger partial charge is 0.477 e. The number of esters is 1. The van der Waals surface area contributed by atoms with Crippen molar-refractivity contribution in [3.8, 4) is 0 Å². The quantitative estimate of drug-likeness (QED) is 0.146. The summed E-state index contributed by atoms with van der Waals surface area (Å²) in [4.78, 5) is 12.3. The van der Waals surface area contributed by atoms with Gasteiger partial charge < -0.3 is 9.47 Å². The maximum Gasteiger partial charge on any atom is 0.315 e. The van der Waals surface area contributed by atoms with Crippen LogP contribution in [0.3, 0.4) is 0 Å². The number of nitrogens with one attached hydrogen (secondary N) is 1. The van der Waals surface area contributed by atoms with E-state index >= 15 is 0 Å². The molecule has 1 rings (SSSR count). The van der Waals surface area contributed by atoms with Crippen molar-refractivity contribution in [2.24, 2.45) is 9.81 Å². The van der Waals surface area contributed by atoms with Crippen LogP contribution in [-0.4, -0.2) is 55.0 Å². The van der Waals surface area contributed by atoms with Crippen molar-refractivity contribution in [3.05, 3.63) is 11.6 Å². The molecule has 0 aromatic carbocycles. The molecule has 0 spiro atoms. The van der Waals surface area contributed by atoms with E-state index in [1.807, 2.05) is 27.7 Å². The number of ether oxygens (including phenoxy) is 2. The van der Waals surface area contributed by atoms with Crippen LogP contribution in [0.25, 0.3) is 0 Å². The molecule has 6 nitrogen and oxygen atoms in total. The predicted octanol–water partition coefficient (Wildman–Crippen LogP) is 4.56. The summed E-state index contributed by atoms with van der Waals surface area (Å²) in [6.07, 6.45) is 7.00. The van der Waals surface area contributed by atoms with Crippen molar-refractivity contribution in [2.75, 3.05) is 26.7 Å². The highest BCUT2D eigenvalue weighted by Crippen LogP contribution is 2.25. The minimum absolute atomic E-state index is 0.0607. The van der Waals surface area contributed by atoms with E-state index in [0.717, 1.165) is 31.4 Å². The molecule has 0 saturated heterocycles. The summed E-state index contributed by atoms with van der Waals surface area (Å²) >= 11 is 4.08. The monoisotopic (exact) mass is 412 g/mol. The molecule has 0 saturated carbocycles. The van der Waals surface area contributed by atoms with Crippen LogP contribution in [0.2, 0.25) is 0 Å². The molecule has 2 unspecified atom stereocenters. The van der Waals surface area contributed by atoms with Gasteiger partial charge in [-0.2, -0.15) is 0 Å². The summed E-state index contributed by atoms with van der Waals surface area (Å²) < 4.78 is 15.9. The van der Waals surface area contributed by atoms with Gasteiger partial charge in [0.1, 0.15) is 12.3 Å². The van der Waals surface area contributed by atoms with Crippen molar-refractivity contribution < 1.29 is 18.8 Å². The van der Waals surface area contributed by atoms with Crippen molar-refractivity contribution in [1.29, 1.82) is 5.41 Å². The van der Waals surface area contributed by atoms with Gasteiger partial charge in [-0.25, -0.2) is 4.40 Å². The molecular weight excluding hydrogens is 374 g/mol. The molecule has 1 heterocycles. The summed E-state index contributed by atoms with van der Waals surface area (Å²) in [5, 5.41) is 8.26. The number of hydrogen-bond donors (Lipinski definition) is 2. The summed E-state index contributed by atoms with van der Waals surface area (Å²) in [7, 11) is 2.07. The predicted molar refractivity (Wildman–Crippen MR) is 118 cm³/mol. The molecule has 1 N–H and O–H groups in total. The van der Waals surface area contributed by atoms with Gasteiger partial charge in [0.15, 0.2) is 0 Å². The Hall–Kier alpha value is -1.34. The van der Waals surface area contributed by atoms with E-state index in [1.165, 1.54) is 12.8 Å². The molecule has 0 radical (unpaired) electrons. The lowest BCUT2D eigenvalue weighted by Crippen LogP contribution is -2.57. The maximum absolute atomic E-state index is 12.3. The number of thiol groups is 1. The second-order valence-electron chi connectivity index (χ2n) is 8.82. The Bertz CT molecular complexity index is 611. The van der Waals surface area contributed by atoms with Gasteiger partial charge in [-0.15, -0.1) is 0 Å². The van der Waals surface area contributed by atoms with E-state index in [1.54, 1.807) is 0 Å². The number of rotatable bonds is 9. The van der Waals surface area contributed by atoms with Gasteiger partial charge in [0.05, 0.1) is 25.6 Å². The number of likely N-dealkylation sites (N-methyl/N-ethyl adjacent to an activating group) is 1. The number of carbonyl (C=O) groups excluding carboxylic acids is 1. The third kappa shape index (κ3) is 7.24. The fraction of sp³-hybridized carbons (Fsp3) is 0.762. The first kappa shape index (κ1) is 24.7. The van der Waals surface area contributed by atoms with Gasteiger partial charge in [0.2, 0.25) is 12.1 Å². The van der Waals surface area contributed by atoms with Crippen LogP contribution in [0, 0.1) is 10.8 Å². The zero-order valence-electron chi connectivity index (χ0n) is 18.4. The number of carbonyl (C=O) groups is 1. The van der Waals surface area contributed by atoms with Crippen molar-refractivity contribution in [3.63, 3.8) is 0 Å². The molecule has 0 aromatic heterocycles. The highest BCUT2D eigenvalue weighted by atomic mass is 32.1. The summed E-state index contributed by atoms with van der Waals surface area (Å²) in [6, 6.07) is 0. The molecular formula is C21H38N3O3S+. The zero-order valence-corrected chi connectivity index (χ0v) is 19.3. The molecule has 1 aliphatic heterocycles. The smallest absolute Gasteiger partial charge is 0.315 e. The molecule has 0 fully saturated rings. The second-order valence-corrected chi connectivity index (χ2v) is 9.02. The molecule has 2 atom stereocenters. The number of unbranched alkanes of at least 4 members (excludes halogenated alkanes) is 3. The lowest BCUT2D eigenvalue weighted by atomic mass is 9.97. The van der Waals surface area contributed by atoms with Crippen LogP contribution >= 0.6 is 12.8 Å².